The Hall–Kier alpha value is -0.870. The van der Waals surface area contributed by atoms with Crippen LogP contribution in [-0.4, -0.2) is 18.0 Å². The molecule has 1 unspecified atom stereocenters. The Labute approximate surface area is 75.8 Å². The van der Waals surface area contributed by atoms with Gasteiger partial charge in [-0.2, -0.15) is 0 Å². The quantitative estimate of drug-likeness (QED) is 0.426. The number of amides is 1. The van der Waals surface area contributed by atoms with Crippen LogP contribution in [0, 0.1) is 0 Å². The highest BCUT2D eigenvalue weighted by molar-refractivity contribution is 7.10. The zero-order valence-corrected chi connectivity index (χ0v) is 7.97. The van der Waals surface area contributed by atoms with Gasteiger partial charge < -0.3 is 0 Å². The average Bonchev–Trinajstić information content (AvgIpc) is 2.53. The topological polar surface area (TPSA) is 46.3 Å². The molecule has 1 atom stereocenters. The van der Waals surface area contributed by atoms with E-state index < -0.39 is 0 Å². The highest BCUT2D eigenvalue weighted by Gasteiger charge is 2.17. The van der Waals surface area contributed by atoms with E-state index in [0.29, 0.717) is 0 Å². The predicted molar refractivity (Wildman–Crippen MR) is 49.7 cm³/mol. The molecule has 0 bridgehead atoms. The van der Waals surface area contributed by atoms with Gasteiger partial charge in [-0.3, -0.25) is 9.80 Å². The lowest BCUT2D eigenvalue weighted by atomic mass is 10.1. The molecule has 1 aromatic rings. The van der Waals surface area contributed by atoms with Crippen LogP contribution in [0.25, 0.3) is 0 Å². The summed E-state index contributed by atoms with van der Waals surface area (Å²) < 4.78 is 0. The van der Waals surface area contributed by atoms with Crippen molar-refractivity contribution in [2.75, 3.05) is 7.05 Å². The number of rotatable bonds is 2. The van der Waals surface area contributed by atoms with E-state index in [1.165, 1.54) is 0 Å². The van der Waals surface area contributed by atoms with Crippen molar-refractivity contribution in [3.8, 4) is 0 Å². The van der Waals surface area contributed by atoms with E-state index in [-0.39, 0.29) is 11.8 Å². The smallest absolute Gasteiger partial charge is 0.244 e. The standard InChI is InChI=1S/C8H12N2OS/c1-6(8(11)10(2)9)7-4-3-5-12-7/h3-6H,9H2,1-2H3. The minimum absolute atomic E-state index is 0.0579. The van der Waals surface area contributed by atoms with Gasteiger partial charge in [-0.05, 0) is 18.4 Å². The Morgan fingerprint density at radius 2 is 2.42 bits per heavy atom. The summed E-state index contributed by atoms with van der Waals surface area (Å²) in [5, 5.41) is 3.08. The van der Waals surface area contributed by atoms with Gasteiger partial charge in [-0.25, -0.2) is 5.84 Å². The summed E-state index contributed by atoms with van der Waals surface area (Å²) in [5.41, 5.74) is 0. The van der Waals surface area contributed by atoms with Gasteiger partial charge in [0.2, 0.25) is 5.91 Å². The summed E-state index contributed by atoms with van der Waals surface area (Å²) in [6.07, 6.45) is 0. The second kappa shape index (κ2) is 3.69. The molecule has 0 spiro atoms. The molecule has 1 heterocycles. The molecule has 4 heteroatoms. The largest absolute Gasteiger partial charge is 0.283 e. The first kappa shape index (κ1) is 9.22. The van der Waals surface area contributed by atoms with Crippen molar-refractivity contribution in [1.82, 2.24) is 5.01 Å². The normalized spacial score (nSPS) is 12.6. The van der Waals surface area contributed by atoms with Crippen molar-refractivity contribution in [2.24, 2.45) is 5.84 Å². The van der Waals surface area contributed by atoms with Crippen molar-refractivity contribution in [2.45, 2.75) is 12.8 Å². The molecular formula is C8H12N2OS. The summed E-state index contributed by atoms with van der Waals surface area (Å²) in [6.45, 7) is 1.86. The molecule has 1 aromatic heterocycles. The molecule has 2 N–H and O–H groups in total. The van der Waals surface area contributed by atoms with Gasteiger partial charge in [0, 0.05) is 11.9 Å². The Morgan fingerprint density at radius 3 is 2.83 bits per heavy atom. The Kier molecular flexibility index (Phi) is 2.83. The lowest BCUT2D eigenvalue weighted by Crippen LogP contribution is -2.35. The van der Waals surface area contributed by atoms with Crippen LogP contribution in [0.4, 0.5) is 0 Å². The fraction of sp³-hybridized carbons (Fsp3) is 0.375. The first-order valence-corrected chi connectivity index (χ1v) is 4.56. The summed E-state index contributed by atoms with van der Waals surface area (Å²) in [6, 6.07) is 3.87. The van der Waals surface area contributed by atoms with E-state index in [1.54, 1.807) is 18.4 Å². The zero-order chi connectivity index (χ0) is 9.14. The molecular weight excluding hydrogens is 172 g/mol. The molecule has 66 valence electrons. The Bertz CT molecular complexity index is 256. The fourth-order valence-electron chi connectivity index (χ4n) is 0.965. The highest BCUT2D eigenvalue weighted by atomic mass is 32.1. The third-order valence-electron chi connectivity index (χ3n) is 1.69. The first-order chi connectivity index (χ1) is 5.63. The van der Waals surface area contributed by atoms with Crippen LogP contribution in [0.1, 0.15) is 17.7 Å². The van der Waals surface area contributed by atoms with Crippen molar-refractivity contribution >= 4 is 17.2 Å². The summed E-state index contributed by atoms with van der Waals surface area (Å²) in [5.74, 6) is 5.15. The number of thiophene rings is 1. The van der Waals surface area contributed by atoms with E-state index in [0.717, 1.165) is 9.89 Å². The van der Waals surface area contributed by atoms with Gasteiger partial charge in [-0.15, -0.1) is 11.3 Å². The first-order valence-electron chi connectivity index (χ1n) is 3.68. The monoisotopic (exact) mass is 184 g/mol. The second-order valence-electron chi connectivity index (χ2n) is 2.69. The average molecular weight is 184 g/mol. The molecule has 1 rings (SSSR count). The second-order valence-corrected chi connectivity index (χ2v) is 3.67. The maximum Gasteiger partial charge on any atom is 0.244 e. The molecule has 0 saturated heterocycles. The molecule has 0 aromatic carbocycles. The predicted octanol–water partition coefficient (Wildman–Crippen LogP) is 1.18. The number of hydrogen-bond acceptors (Lipinski definition) is 3. The maximum absolute atomic E-state index is 11.3. The third-order valence-corrected chi connectivity index (χ3v) is 2.74. The van der Waals surface area contributed by atoms with Crippen LogP contribution in [0.3, 0.4) is 0 Å². The number of likely N-dealkylation sites (N-methyl/N-ethyl adjacent to an activating group) is 1. The number of hydrazine groups is 1. The molecule has 0 saturated carbocycles. The molecule has 0 aliphatic carbocycles. The van der Waals surface area contributed by atoms with Gasteiger partial charge >= 0.3 is 0 Å². The number of carbonyl (C=O) groups excluding carboxylic acids is 1. The van der Waals surface area contributed by atoms with E-state index in [1.807, 2.05) is 24.4 Å². The Balaban J connectivity index is 2.72. The van der Waals surface area contributed by atoms with Crippen molar-refractivity contribution in [1.29, 1.82) is 0 Å². The molecule has 0 aliphatic rings. The van der Waals surface area contributed by atoms with Crippen LogP contribution >= 0.6 is 11.3 Å². The molecule has 1 amide bonds. The number of nitrogens with two attached hydrogens (primary N) is 1. The summed E-state index contributed by atoms with van der Waals surface area (Å²) in [7, 11) is 1.56. The van der Waals surface area contributed by atoms with Gasteiger partial charge in [0.15, 0.2) is 0 Å². The lowest BCUT2D eigenvalue weighted by molar-refractivity contribution is -0.131. The Morgan fingerprint density at radius 1 is 1.75 bits per heavy atom. The minimum atomic E-state index is -0.125. The van der Waals surface area contributed by atoms with Crippen molar-refractivity contribution in [3.05, 3.63) is 22.4 Å². The van der Waals surface area contributed by atoms with Crippen LogP contribution < -0.4 is 5.84 Å². The van der Waals surface area contributed by atoms with E-state index in [9.17, 15) is 4.79 Å². The molecule has 0 fully saturated rings. The molecule has 0 aliphatic heterocycles. The van der Waals surface area contributed by atoms with E-state index in [2.05, 4.69) is 0 Å². The summed E-state index contributed by atoms with van der Waals surface area (Å²) in [4.78, 5) is 12.4. The zero-order valence-electron chi connectivity index (χ0n) is 7.15. The molecule has 0 radical (unpaired) electrons. The molecule has 3 nitrogen and oxygen atoms in total. The van der Waals surface area contributed by atoms with E-state index in [4.69, 9.17) is 5.84 Å². The lowest BCUT2D eigenvalue weighted by Gasteiger charge is -2.14. The van der Waals surface area contributed by atoms with Crippen molar-refractivity contribution in [3.63, 3.8) is 0 Å². The van der Waals surface area contributed by atoms with E-state index >= 15 is 0 Å². The van der Waals surface area contributed by atoms with Gasteiger partial charge in [0.25, 0.3) is 0 Å². The van der Waals surface area contributed by atoms with Gasteiger partial charge in [-0.1, -0.05) is 6.07 Å². The van der Waals surface area contributed by atoms with Gasteiger partial charge in [0.05, 0.1) is 5.92 Å². The van der Waals surface area contributed by atoms with Gasteiger partial charge in [0.1, 0.15) is 0 Å². The fourth-order valence-corrected chi connectivity index (χ4v) is 1.74. The van der Waals surface area contributed by atoms with Crippen LogP contribution in [-0.2, 0) is 4.79 Å². The van der Waals surface area contributed by atoms with Crippen LogP contribution in [0.5, 0.6) is 0 Å². The molecule has 12 heavy (non-hydrogen) atoms. The van der Waals surface area contributed by atoms with Crippen LogP contribution in [0.15, 0.2) is 17.5 Å². The third kappa shape index (κ3) is 1.84. The highest BCUT2D eigenvalue weighted by Crippen LogP contribution is 2.21. The summed E-state index contributed by atoms with van der Waals surface area (Å²) >= 11 is 1.57. The minimum Gasteiger partial charge on any atom is -0.283 e. The van der Waals surface area contributed by atoms with Crippen molar-refractivity contribution < 1.29 is 4.79 Å². The number of carbonyl (C=O) groups is 1. The SMILES string of the molecule is CC(C(=O)N(C)N)c1cccs1. The number of nitrogens with zero attached hydrogens (tertiary/aromatic N) is 1. The maximum atomic E-state index is 11.3. The number of hydrogen-bond donors (Lipinski definition) is 1. The van der Waals surface area contributed by atoms with Crippen LogP contribution in [0.2, 0.25) is 0 Å².